The van der Waals surface area contributed by atoms with E-state index in [1.54, 1.807) is 50.8 Å². The molecular weight excluding hydrogens is 490 g/mol. The molecule has 5 rings (SSSR count). The maximum absolute atomic E-state index is 14.0. The Morgan fingerprint density at radius 3 is 2.68 bits per heavy atom. The summed E-state index contributed by atoms with van der Waals surface area (Å²) in [5.41, 5.74) is 4.09. The highest BCUT2D eigenvalue weighted by Gasteiger charge is 2.35. The smallest absolute Gasteiger partial charge is 0.338 e. The van der Waals surface area contributed by atoms with E-state index in [0.29, 0.717) is 37.7 Å². The second kappa shape index (κ2) is 9.74. The number of allylic oxidation sites excluding steroid dienone is 1. The molecule has 2 aromatic carbocycles. The zero-order valence-electron chi connectivity index (χ0n) is 21.2. The van der Waals surface area contributed by atoms with Crippen LogP contribution in [0.2, 0.25) is 0 Å². The highest BCUT2D eigenvalue weighted by molar-refractivity contribution is 7.07. The molecule has 0 saturated heterocycles. The number of benzene rings is 2. The standard InChI is InChI=1S/C28H27N3O5S/c1-6-36-27(33)24-16(3)30-28-31(25(24)19-12-11-17(34-4)13-22(19)35-5)26(32)23(37-28)14-20-15(2)29-21-10-8-7-9-18(20)21/h7-14,25,29H,6H2,1-5H3/b23-14-. The third-order valence-corrected chi connectivity index (χ3v) is 7.45. The number of esters is 1. The lowest BCUT2D eigenvalue weighted by Crippen LogP contribution is -2.40. The topological polar surface area (TPSA) is 94.9 Å². The number of carbonyl (C=O) groups is 1. The summed E-state index contributed by atoms with van der Waals surface area (Å²) in [6.07, 6.45) is 1.89. The number of nitrogens with zero attached hydrogens (tertiary/aromatic N) is 2. The lowest BCUT2D eigenvalue weighted by atomic mass is 9.95. The maximum Gasteiger partial charge on any atom is 0.338 e. The predicted octanol–water partition coefficient (Wildman–Crippen LogP) is 3.61. The van der Waals surface area contributed by atoms with Crippen LogP contribution in [0.15, 0.2) is 63.5 Å². The molecule has 2 aromatic heterocycles. The zero-order chi connectivity index (χ0) is 26.3. The summed E-state index contributed by atoms with van der Waals surface area (Å²) in [5.74, 6) is 0.567. The van der Waals surface area contributed by atoms with Crippen LogP contribution in [0.5, 0.6) is 11.5 Å². The first-order chi connectivity index (χ1) is 17.9. The zero-order valence-corrected chi connectivity index (χ0v) is 22.1. The molecule has 3 heterocycles. The molecule has 0 saturated carbocycles. The third kappa shape index (κ3) is 4.15. The van der Waals surface area contributed by atoms with Gasteiger partial charge in [0, 0.05) is 33.8 Å². The fraction of sp³-hybridized carbons (Fsp3) is 0.250. The minimum absolute atomic E-state index is 0.201. The molecule has 1 aliphatic rings. The van der Waals surface area contributed by atoms with Crippen molar-refractivity contribution in [3.05, 3.63) is 90.2 Å². The van der Waals surface area contributed by atoms with Crippen LogP contribution in [-0.2, 0) is 9.53 Å². The largest absolute Gasteiger partial charge is 0.497 e. The van der Waals surface area contributed by atoms with E-state index < -0.39 is 12.0 Å². The normalized spacial score (nSPS) is 15.5. The first-order valence-electron chi connectivity index (χ1n) is 11.9. The molecular formula is C28H27N3O5S. The number of nitrogens with one attached hydrogen (secondary N) is 1. The van der Waals surface area contributed by atoms with E-state index in [4.69, 9.17) is 14.2 Å². The van der Waals surface area contributed by atoms with Gasteiger partial charge in [-0.05, 0) is 45.0 Å². The molecule has 9 heteroatoms. The van der Waals surface area contributed by atoms with Gasteiger partial charge in [0.2, 0.25) is 0 Å². The van der Waals surface area contributed by atoms with Crippen LogP contribution in [-0.4, -0.2) is 36.3 Å². The third-order valence-electron chi connectivity index (χ3n) is 6.47. The van der Waals surface area contributed by atoms with Crippen molar-refractivity contribution in [3.8, 4) is 11.5 Å². The number of aromatic amines is 1. The van der Waals surface area contributed by atoms with Gasteiger partial charge in [0.15, 0.2) is 4.80 Å². The maximum atomic E-state index is 14.0. The molecule has 1 atom stereocenters. The summed E-state index contributed by atoms with van der Waals surface area (Å²) in [6, 6.07) is 12.5. The van der Waals surface area contributed by atoms with E-state index in [9.17, 15) is 9.59 Å². The molecule has 0 radical (unpaired) electrons. The van der Waals surface area contributed by atoms with Gasteiger partial charge in [0.05, 0.1) is 36.6 Å². The summed E-state index contributed by atoms with van der Waals surface area (Å²) in [4.78, 5) is 35.7. The molecule has 190 valence electrons. The van der Waals surface area contributed by atoms with Gasteiger partial charge in [-0.25, -0.2) is 9.79 Å². The number of fused-ring (bicyclic) bond motifs is 2. The number of hydrogen-bond donors (Lipinski definition) is 1. The summed E-state index contributed by atoms with van der Waals surface area (Å²) < 4.78 is 18.5. The van der Waals surface area contributed by atoms with Crippen LogP contribution >= 0.6 is 11.3 Å². The van der Waals surface area contributed by atoms with E-state index in [2.05, 4.69) is 9.98 Å². The van der Waals surface area contributed by atoms with Gasteiger partial charge in [-0.3, -0.25) is 9.36 Å². The van der Waals surface area contributed by atoms with Crippen molar-refractivity contribution in [2.75, 3.05) is 20.8 Å². The molecule has 8 nitrogen and oxygen atoms in total. The second-order valence-corrected chi connectivity index (χ2v) is 9.63. The first-order valence-corrected chi connectivity index (χ1v) is 12.7. The number of para-hydroxylation sites is 1. The van der Waals surface area contributed by atoms with Crippen molar-refractivity contribution in [1.82, 2.24) is 9.55 Å². The van der Waals surface area contributed by atoms with Crippen LogP contribution in [0, 0.1) is 6.92 Å². The van der Waals surface area contributed by atoms with E-state index >= 15 is 0 Å². The summed E-state index contributed by atoms with van der Waals surface area (Å²) in [5, 5.41) is 1.03. The number of rotatable bonds is 6. The van der Waals surface area contributed by atoms with Gasteiger partial charge >= 0.3 is 5.97 Å². The summed E-state index contributed by atoms with van der Waals surface area (Å²) in [7, 11) is 3.11. The van der Waals surface area contributed by atoms with Gasteiger partial charge in [0.1, 0.15) is 17.5 Å². The van der Waals surface area contributed by atoms with Crippen LogP contribution in [0.4, 0.5) is 0 Å². The Balaban J connectivity index is 1.78. The van der Waals surface area contributed by atoms with Crippen LogP contribution in [0.3, 0.4) is 0 Å². The number of thiazole rings is 1. The van der Waals surface area contributed by atoms with Gasteiger partial charge < -0.3 is 19.2 Å². The van der Waals surface area contributed by atoms with E-state index in [1.807, 2.05) is 37.3 Å². The fourth-order valence-corrected chi connectivity index (χ4v) is 5.77. The number of methoxy groups -OCH3 is 2. The number of aromatic nitrogens is 2. The van der Waals surface area contributed by atoms with Crippen LogP contribution in [0.1, 0.15) is 36.7 Å². The second-order valence-electron chi connectivity index (χ2n) is 8.62. The first kappa shape index (κ1) is 24.6. The Hall–Kier alpha value is -4.11. The molecule has 0 aliphatic carbocycles. The number of hydrogen-bond acceptors (Lipinski definition) is 7. The van der Waals surface area contributed by atoms with Gasteiger partial charge in [-0.15, -0.1) is 0 Å². The molecule has 1 aliphatic heterocycles. The highest BCUT2D eigenvalue weighted by atomic mass is 32.1. The molecule has 0 bridgehead atoms. The molecule has 0 amide bonds. The van der Waals surface area contributed by atoms with Crippen molar-refractivity contribution in [1.29, 1.82) is 0 Å². The SMILES string of the molecule is CCOC(=O)C1=C(C)N=c2s/c(=C\c3c(C)[nH]c4ccccc34)c(=O)n2C1c1ccc(OC)cc1OC. The van der Waals surface area contributed by atoms with E-state index in [0.717, 1.165) is 22.2 Å². The quantitative estimate of drug-likeness (QED) is 0.395. The lowest BCUT2D eigenvalue weighted by Gasteiger charge is -2.26. The minimum Gasteiger partial charge on any atom is -0.497 e. The number of carbonyl (C=O) groups excluding carboxylic acids is 1. The molecule has 1 unspecified atom stereocenters. The Labute approximate surface area is 217 Å². The van der Waals surface area contributed by atoms with Crippen molar-refractivity contribution in [2.24, 2.45) is 4.99 Å². The minimum atomic E-state index is -0.776. The van der Waals surface area contributed by atoms with Crippen LogP contribution < -0.4 is 24.4 Å². The highest BCUT2D eigenvalue weighted by Crippen LogP contribution is 2.37. The number of ether oxygens (including phenoxy) is 3. The fourth-order valence-electron chi connectivity index (χ4n) is 4.75. The lowest BCUT2D eigenvalue weighted by molar-refractivity contribution is -0.139. The molecule has 0 spiro atoms. The summed E-state index contributed by atoms with van der Waals surface area (Å²) in [6.45, 7) is 5.69. The van der Waals surface area contributed by atoms with Crippen molar-refractivity contribution in [2.45, 2.75) is 26.8 Å². The van der Waals surface area contributed by atoms with Gasteiger partial charge in [-0.2, -0.15) is 0 Å². The van der Waals surface area contributed by atoms with Crippen LogP contribution in [0.25, 0.3) is 17.0 Å². The van der Waals surface area contributed by atoms with Gasteiger partial charge in [0.25, 0.3) is 5.56 Å². The number of aryl methyl sites for hydroxylation is 1. The number of H-pyrrole nitrogens is 1. The van der Waals surface area contributed by atoms with E-state index in [-0.39, 0.29) is 12.2 Å². The Bertz CT molecular complexity index is 1740. The Morgan fingerprint density at radius 2 is 1.95 bits per heavy atom. The average Bonchev–Trinajstić information content (AvgIpc) is 3.38. The summed E-state index contributed by atoms with van der Waals surface area (Å²) >= 11 is 1.29. The van der Waals surface area contributed by atoms with Crippen molar-refractivity contribution < 1.29 is 19.0 Å². The van der Waals surface area contributed by atoms with Gasteiger partial charge in [-0.1, -0.05) is 29.5 Å². The monoisotopic (exact) mass is 517 g/mol. The Kier molecular flexibility index (Phi) is 6.47. The molecule has 4 aromatic rings. The predicted molar refractivity (Wildman–Crippen MR) is 143 cm³/mol. The average molecular weight is 518 g/mol. The molecule has 37 heavy (non-hydrogen) atoms. The van der Waals surface area contributed by atoms with Crippen molar-refractivity contribution >= 4 is 34.3 Å². The molecule has 0 fully saturated rings. The van der Waals surface area contributed by atoms with Crippen molar-refractivity contribution in [3.63, 3.8) is 0 Å². The Morgan fingerprint density at radius 1 is 1.16 bits per heavy atom. The molecule has 1 N–H and O–H groups in total. The van der Waals surface area contributed by atoms with E-state index in [1.165, 1.54) is 11.3 Å².